The molecule has 0 bridgehead atoms. The molecule has 2 aromatic rings. The number of nitrogens with one attached hydrogen (secondary N) is 3. The summed E-state index contributed by atoms with van der Waals surface area (Å²) in [5, 5.41) is 8.81. The highest BCUT2D eigenvalue weighted by Crippen LogP contribution is 2.14. The molecule has 2 aliphatic rings. The number of carbonyl (C=O) groups is 3. The zero-order valence-electron chi connectivity index (χ0n) is 23.7. The number of hydrogen-bond donors (Lipinski definition) is 3. The summed E-state index contributed by atoms with van der Waals surface area (Å²) in [7, 11) is 0. The van der Waals surface area contributed by atoms with Crippen LogP contribution in [0.25, 0.3) is 0 Å². The molecule has 224 valence electrons. The molecular formula is C27H38Br2N8O4. The van der Waals surface area contributed by atoms with Crippen LogP contribution in [0.4, 0.5) is 16.4 Å². The molecule has 12 nitrogen and oxygen atoms in total. The summed E-state index contributed by atoms with van der Waals surface area (Å²) in [5.41, 5.74) is -0.495. The number of amides is 3. The van der Waals surface area contributed by atoms with Gasteiger partial charge in [-0.25, -0.2) is 14.8 Å². The fourth-order valence-electron chi connectivity index (χ4n) is 4.00. The van der Waals surface area contributed by atoms with Gasteiger partial charge in [0.2, 0.25) is 11.8 Å². The maximum atomic E-state index is 12.1. The largest absolute Gasteiger partial charge is 0.444 e. The molecule has 0 atom stereocenters. The number of piperazine rings is 2. The minimum Gasteiger partial charge on any atom is -0.444 e. The predicted octanol–water partition coefficient (Wildman–Crippen LogP) is 3.02. The molecular weight excluding hydrogens is 660 g/mol. The Morgan fingerprint density at radius 2 is 1.29 bits per heavy atom. The van der Waals surface area contributed by atoms with E-state index in [-0.39, 0.29) is 24.5 Å². The highest BCUT2D eigenvalue weighted by molar-refractivity contribution is 9.10. The third kappa shape index (κ3) is 12.8. The van der Waals surface area contributed by atoms with Crippen LogP contribution >= 0.6 is 31.9 Å². The van der Waals surface area contributed by atoms with Crippen molar-refractivity contribution in [1.29, 1.82) is 0 Å². The standard InChI is InChI=1S/C16H23BrN4O3.C11H15BrN4O/c1-16(2,3)24-15(23)21-8-6-20(7-9-21)11-14(22)19-13-10-12(17)4-5-18-13;12-9-1-2-14-10(7-9)15-11(17)8-16-5-3-13-4-6-16/h4-5,10H,6-9,11H2,1-3H3,(H,18,19,22);1-2,7,13H,3-6,8H2,(H,14,15,17). The fourth-order valence-corrected chi connectivity index (χ4v) is 4.67. The van der Waals surface area contributed by atoms with Gasteiger partial charge in [0.15, 0.2) is 0 Å². The van der Waals surface area contributed by atoms with Crippen molar-refractivity contribution < 1.29 is 19.1 Å². The third-order valence-corrected chi connectivity index (χ3v) is 6.93. The molecule has 41 heavy (non-hydrogen) atoms. The zero-order chi connectivity index (χ0) is 29.8. The van der Waals surface area contributed by atoms with Gasteiger partial charge in [0, 0.05) is 73.7 Å². The Hall–Kier alpha value is -2.65. The molecule has 0 unspecified atom stereocenters. The van der Waals surface area contributed by atoms with E-state index in [1.165, 1.54) is 0 Å². The number of carbonyl (C=O) groups excluding carboxylic acids is 3. The summed E-state index contributed by atoms with van der Waals surface area (Å²) in [6.45, 7) is 12.4. The topological polar surface area (TPSA) is 132 Å². The summed E-state index contributed by atoms with van der Waals surface area (Å²) in [4.78, 5) is 49.8. The summed E-state index contributed by atoms with van der Waals surface area (Å²) in [6, 6.07) is 7.16. The van der Waals surface area contributed by atoms with Crippen molar-refractivity contribution in [1.82, 2.24) is 30.0 Å². The average Bonchev–Trinajstić information content (AvgIpc) is 2.89. The lowest BCUT2D eigenvalue weighted by atomic mass is 10.2. The third-order valence-electron chi connectivity index (χ3n) is 5.95. The number of ether oxygens (including phenoxy) is 1. The van der Waals surface area contributed by atoms with Crippen LogP contribution in [-0.4, -0.2) is 114 Å². The van der Waals surface area contributed by atoms with Crippen molar-refractivity contribution in [3.8, 4) is 0 Å². The van der Waals surface area contributed by atoms with Crippen LogP contribution in [0.1, 0.15) is 20.8 Å². The first-order valence-corrected chi connectivity index (χ1v) is 15.0. The van der Waals surface area contributed by atoms with Crippen LogP contribution in [0, 0.1) is 0 Å². The average molecular weight is 698 g/mol. The first-order chi connectivity index (χ1) is 19.5. The molecule has 0 radical (unpaired) electrons. The first-order valence-electron chi connectivity index (χ1n) is 13.4. The maximum absolute atomic E-state index is 12.1. The molecule has 0 saturated carbocycles. The monoisotopic (exact) mass is 696 g/mol. The van der Waals surface area contributed by atoms with Crippen LogP contribution in [-0.2, 0) is 14.3 Å². The van der Waals surface area contributed by atoms with E-state index in [0.717, 1.165) is 35.1 Å². The quantitative estimate of drug-likeness (QED) is 0.417. The Morgan fingerprint density at radius 3 is 1.73 bits per heavy atom. The summed E-state index contributed by atoms with van der Waals surface area (Å²) in [5.74, 6) is 0.963. The molecule has 3 amide bonds. The number of halogens is 2. The van der Waals surface area contributed by atoms with E-state index in [1.54, 1.807) is 35.5 Å². The first kappa shape index (κ1) is 32.9. The van der Waals surface area contributed by atoms with Gasteiger partial charge in [0.1, 0.15) is 17.2 Å². The van der Waals surface area contributed by atoms with Gasteiger partial charge in [0.05, 0.1) is 13.1 Å². The highest BCUT2D eigenvalue weighted by atomic mass is 79.9. The second-order valence-corrected chi connectivity index (χ2v) is 12.4. The number of nitrogens with zero attached hydrogens (tertiary/aromatic N) is 5. The van der Waals surface area contributed by atoms with Gasteiger partial charge in [-0.05, 0) is 45.0 Å². The van der Waals surface area contributed by atoms with Crippen molar-refractivity contribution in [2.75, 3.05) is 76.1 Å². The maximum Gasteiger partial charge on any atom is 0.410 e. The number of anilines is 2. The predicted molar refractivity (Wildman–Crippen MR) is 165 cm³/mol. The Balaban J connectivity index is 0.000000239. The lowest BCUT2D eigenvalue weighted by Crippen LogP contribution is -2.51. The van der Waals surface area contributed by atoms with Gasteiger partial charge in [-0.2, -0.15) is 0 Å². The fraction of sp³-hybridized carbons (Fsp3) is 0.519. The second-order valence-electron chi connectivity index (χ2n) is 10.6. The van der Waals surface area contributed by atoms with Gasteiger partial charge in [-0.3, -0.25) is 19.4 Å². The van der Waals surface area contributed by atoms with Crippen molar-refractivity contribution in [2.45, 2.75) is 26.4 Å². The molecule has 0 spiro atoms. The second kappa shape index (κ2) is 16.1. The zero-order valence-corrected chi connectivity index (χ0v) is 26.8. The summed E-state index contributed by atoms with van der Waals surface area (Å²) < 4.78 is 7.13. The van der Waals surface area contributed by atoms with E-state index in [1.807, 2.05) is 31.7 Å². The van der Waals surface area contributed by atoms with Gasteiger partial charge >= 0.3 is 6.09 Å². The van der Waals surface area contributed by atoms with E-state index in [0.29, 0.717) is 44.4 Å². The van der Waals surface area contributed by atoms with Crippen molar-refractivity contribution in [3.05, 3.63) is 45.6 Å². The molecule has 3 N–H and O–H groups in total. The van der Waals surface area contributed by atoms with Crippen molar-refractivity contribution >= 4 is 61.4 Å². The molecule has 0 aromatic carbocycles. The Labute approximate surface area is 257 Å². The number of hydrogen-bond acceptors (Lipinski definition) is 9. The molecule has 4 heterocycles. The lowest BCUT2D eigenvalue weighted by molar-refractivity contribution is -0.118. The number of pyridine rings is 2. The minimum atomic E-state index is -0.495. The Bertz CT molecular complexity index is 1170. The van der Waals surface area contributed by atoms with Crippen molar-refractivity contribution in [2.24, 2.45) is 0 Å². The van der Waals surface area contributed by atoms with Crippen LogP contribution in [0.3, 0.4) is 0 Å². The SMILES string of the molecule is CC(C)(C)OC(=O)N1CCN(CC(=O)Nc2cc(Br)ccn2)CC1.O=C(CN1CCNCC1)Nc1cc(Br)ccn1. The van der Waals surface area contributed by atoms with E-state index in [4.69, 9.17) is 4.74 Å². The van der Waals surface area contributed by atoms with Gasteiger partial charge < -0.3 is 25.6 Å². The number of aromatic nitrogens is 2. The van der Waals surface area contributed by atoms with Crippen molar-refractivity contribution in [3.63, 3.8) is 0 Å². The van der Waals surface area contributed by atoms with E-state index < -0.39 is 5.60 Å². The highest BCUT2D eigenvalue weighted by Gasteiger charge is 2.26. The Morgan fingerprint density at radius 1 is 0.829 bits per heavy atom. The minimum absolute atomic E-state index is 0.0162. The van der Waals surface area contributed by atoms with Crippen LogP contribution < -0.4 is 16.0 Å². The van der Waals surface area contributed by atoms with E-state index in [2.05, 4.69) is 62.7 Å². The van der Waals surface area contributed by atoms with Crippen LogP contribution in [0.2, 0.25) is 0 Å². The molecule has 0 aliphatic carbocycles. The Kier molecular flexibility index (Phi) is 12.9. The van der Waals surface area contributed by atoms with E-state index in [9.17, 15) is 14.4 Å². The normalized spacial score (nSPS) is 16.3. The summed E-state index contributed by atoms with van der Waals surface area (Å²) in [6.07, 6.45) is 2.98. The van der Waals surface area contributed by atoms with Crippen LogP contribution in [0.5, 0.6) is 0 Å². The van der Waals surface area contributed by atoms with Gasteiger partial charge in [-0.15, -0.1) is 0 Å². The lowest BCUT2D eigenvalue weighted by Gasteiger charge is -2.35. The molecule has 4 rings (SSSR count). The number of rotatable bonds is 6. The molecule has 2 fully saturated rings. The molecule has 2 aromatic heterocycles. The van der Waals surface area contributed by atoms with E-state index >= 15 is 0 Å². The summed E-state index contributed by atoms with van der Waals surface area (Å²) >= 11 is 6.68. The van der Waals surface area contributed by atoms with Gasteiger partial charge in [0.25, 0.3) is 0 Å². The smallest absolute Gasteiger partial charge is 0.410 e. The van der Waals surface area contributed by atoms with Crippen LogP contribution in [0.15, 0.2) is 45.6 Å². The molecule has 2 aliphatic heterocycles. The molecule has 14 heteroatoms. The molecule has 2 saturated heterocycles. The van der Waals surface area contributed by atoms with Gasteiger partial charge in [-0.1, -0.05) is 31.9 Å².